The number of esters is 1. The molecule has 0 aromatic heterocycles. The lowest BCUT2D eigenvalue weighted by Crippen LogP contribution is -2.65. The number of allylic oxidation sites excluding steroid dienone is 1. The van der Waals surface area contributed by atoms with Crippen LogP contribution >= 0.6 is 0 Å². The number of hydrogen-bond donors (Lipinski definition) is 2. The average molecular weight is 502 g/mol. The molecule has 10 nitrogen and oxygen atoms in total. The fraction of sp³-hybridized carbons (Fsp3) is 0.654. The zero-order valence-electron chi connectivity index (χ0n) is 21.3. The molecule has 2 aliphatic heterocycles. The number of rotatable bonds is 3. The van der Waals surface area contributed by atoms with Gasteiger partial charge >= 0.3 is 12.1 Å². The first-order valence-electron chi connectivity index (χ1n) is 12.5. The normalized spacial score (nSPS) is 28.7. The lowest BCUT2D eigenvalue weighted by molar-refractivity contribution is -0.153. The maximum Gasteiger partial charge on any atom is 0.408 e. The van der Waals surface area contributed by atoms with Crippen molar-refractivity contribution in [2.24, 2.45) is 5.92 Å². The lowest BCUT2D eigenvalue weighted by Gasteiger charge is -2.37. The van der Waals surface area contributed by atoms with Crippen LogP contribution in [0.2, 0.25) is 0 Å². The number of fused-ring (bicyclic) bond motifs is 2. The van der Waals surface area contributed by atoms with Gasteiger partial charge in [0.05, 0.1) is 19.1 Å². The zero-order valence-corrected chi connectivity index (χ0v) is 21.3. The van der Waals surface area contributed by atoms with E-state index in [1.165, 1.54) is 4.90 Å². The highest BCUT2D eigenvalue weighted by Gasteiger charge is 2.53. The van der Waals surface area contributed by atoms with Gasteiger partial charge in [0.15, 0.2) is 5.78 Å². The van der Waals surface area contributed by atoms with E-state index in [-0.39, 0.29) is 25.4 Å². The van der Waals surface area contributed by atoms with Crippen LogP contribution in [-0.2, 0) is 28.7 Å². The fourth-order valence-corrected chi connectivity index (χ4v) is 4.44. The summed E-state index contributed by atoms with van der Waals surface area (Å²) < 4.78 is 10.5. The van der Waals surface area contributed by atoms with E-state index in [1.807, 2.05) is 6.08 Å². The summed E-state index contributed by atoms with van der Waals surface area (Å²) in [7, 11) is 0. The minimum atomic E-state index is -1.57. The number of hydrogen-bond acceptors (Lipinski definition) is 7. The number of carbonyl (C=O) groups excluding carboxylic acids is 5. The molecular formula is C26H35N3O7. The van der Waals surface area contributed by atoms with Crippen molar-refractivity contribution in [1.82, 2.24) is 15.5 Å². The second-order valence-electron chi connectivity index (χ2n) is 10.3. The minimum Gasteiger partial charge on any atom is -0.463 e. The number of ether oxygens (including phenoxy) is 2. The van der Waals surface area contributed by atoms with Crippen LogP contribution in [0.25, 0.3) is 0 Å². The van der Waals surface area contributed by atoms with Gasteiger partial charge in [-0.05, 0) is 47.0 Å². The number of nitrogens with zero attached hydrogens (tertiary/aromatic N) is 1. The minimum absolute atomic E-state index is 0.110. The molecule has 196 valence electrons. The van der Waals surface area contributed by atoms with Crippen molar-refractivity contribution in [3.8, 4) is 11.8 Å². The number of Topliss-reactive ketones (excluding diaryl/α,β-unsaturated/α-hetero) is 1. The third-order valence-corrected chi connectivity index (χ3v) is 6.22. The molecule has 0 bridgehead atoms. The Bertz CT molecular complexity index is 1000. The number of amides is 3. The summed E-state index contributed by atoms with van der Waals surface area (Å²) in [4.78, 5) is 65.7. The summed E-state index contributed by atoms with van der Waals surface area (Å²) >= 11 is 0. The number of nitrogens with one attached hydrogen (secondary N) is 2. The molecule has 0 saturated carbocycles. The SMILES string of the molecule is CCOC(=O)C12C#CC1C=CCCCCCC(NC(=O)OC(C)(C)C)C(=O)N1CC(=O)CC1C(=O)N2. The largest absolute Gasteiger partial charge is 0.463 e. The first-order chi connectivity index (χ1) is 17.0. The molecule has 3 amide bonds. The van der Waals surface area contributed by atoms with Gasteiger partial charge in [0, 0.05) is 6.42 Å². The van der Waals surface area contributed by atoms with Crippen LogP contribution in [0, 0.1) is 17.8 Å². The number of carbonyl (C=O) groups is 5. The highest BCUT2D eigenvalue weighted by Crippen LogP contribution is 2.29. The van der Waals surface area contributed by atoms with E-state index in [0.717, 1.165) is 19.3 Å². The van der Waals surface area contributed by atoms with E-state index >= 15 is 0 Å². The van der Waals surface area contributed by atoms with Gasteiger partial charge in [-0.2, -0.15) is 0 Å². The first kappa shape index (κ1) is 27.2. The predicted molar refractivity (Wildman–Crippen MR) is 129 cm³/mol. The van der Waals surface area contributed by atoms with Gasteiger partial charge in [-0.3, -0.25) is 14.4 Å². The molecule has 2 heterocycles. The Morgan fingerprint density at radius 2 is 1.97 bits per heavy atom. The molecule has 0 aromatic carbocycles. The maximum absolute atomic E-state index is 13.5. The molecule has 0 radical (unpaired) electrons. The zero-order chi connectivity index (χ0) is 26.5. The van der Waals surface area contributed by atoms with Gasteiger partial charge in [0.1, 0.15) is 17.7 Å². The Hall–Kier alpha value is -3.35. The molecule has 1 saturated heterocycles. The highest BCUT2D eigenvalue weighted by molar-refractivity contribution is 6.03. The van der Waals surface area contributed by atoms with Crippen LogP contribution in [0.1, 0.15) is 66.2 Å². The molecule has 0 aromatic rings. The quantitative estimate of drug-likeness (QED) is 0.341. The predicted octanol–water partition coefficient (Wildman–Crippen LogP) is 1.62. The Morgan fingerprint density at radius 3 is 2.61 bits per heavy atom. The molecule has 0 spiro atoms. The summed E-state index contributed by atoms with van der Waals surface area (Å²) in [5, 5.41) is 5.31. The van der Waals surface area contributed by atoms with Crippen LogP contribution in [0.15, 0.2) is 12.2 Å². The van der Waals surface area contributed by atoms with Gasteiger partial charge in [-0.1, -0.05) is 36.8 Å². The molecule has 3 rings (SSSR count). The van der Waals surface area contributed by atoms with Crippen LogP contribution in [0.5, 0.6) is 0 Å². The first-order valence-corrected chi connectivity index (χ1v) is 12.5. The van der Waals surface area contributed by atoms with Crippen LogP contribution in [0.3, 0.4) is 0 Å². The van der Waals surface area contributed by atoms with E-state index in [4.69, 9.17) is 9.47 Å². The van der Waals surface area contributed by atoms with Crippen molar-refractivity contribution in [1.29, 1.82) is 0 Å². The van der Waals surface area contributed by atoms with E-state index in [0.29, 0.717) is 12.8 Å². The molecule has 1 fully saturated rings. The summed E-state index contributed by atoms with van der Waals surface area (Å²) in [6.07, 6.45) is 6.11. The van der Waals surface area contributed by atoms with E-state index in [2.05, 4.69) is 22.5 Å². The molecule has 3 aliphatic rings. The number of alkyl carbamates (subject to hydrolysis) is 1. The molecule has 36 heavy (non-hydrogen) atoms. The van der Waals surface area contributed by atoms with Crippen molar-refractivity contribution < 1.29 is 33.4 Å². The molecule has 2 N–H and O–H groups in total. The molecule has 4 unspecified atom stereocenters. The molecule has 10 heteroatoms. The van der Waals surface area contributed by atoms with Gasteiger partial charge in [-0.15, -0.1) is 0 Å². The summed E-state index contributed by atoms with van der Waals surface area (Å²) in [5.41, 5.74) is -2.33. The summed E-state index contributed by atoms with van der Waals surface area (Å²) in [6.45, 7) is 6.66. The standard InChI is InChI=1S/C26H35N3O7/c1-5-35-23(33)26-14-13-17(26)11-9-7-6-8-10-12-19(27-24(34)36-25(2,3)4)22(32)29-16-18(30)15-20(29)21(31)28-26/h9,11,17,19-20H,5-8,10,12,15-16H2,1-4H3,(H,27,34)(H,28,31). The van der Waals surface area contributed by atoms with Crippen LogP contribution in [0.4, 0.5) is 4.79 Å². The van der Waals surface area contributed by atoms with Crippen molar-refractivity contribution >= 4 is 29.7 Å². The van der Waals surface area contributed by atoms with Crippen molar-refractivity contribution in [2.75, 3.05) is 13.2 Å². The Balaban J connectivity index is 1.89. The molecule has 1 aliphatic carbocycles. The number of ketones is 1. The van der Waals surface area contributed by atoms with E-state index in [1.54, 1.807) is 33.8 Å². The highest BCUT2D eigenvalue weighted by atomic mass is 16.6. The van der Waals surface area contributed by atoms with Gasteiger partial charge in [0.25, 0.3) is 0 Å². The summed E-state index contributed by atoms with van der Waals surface area (Å²) in [5.74, 6) is 2.91. The third-order valence-electron chi connectivity index (χ3n) is 6.22. The van der Waals surface area contributed by atoms with Crippen LogP contribution < -0.4 is 10.6 Å². The Morgan fingerprint density at radius 1 is 1.22 bits per heavy atom. The van der Waals surface area contributed by atoms with Crippen molar-refractivity contribution in [3.63, 3.8) is 0 Å². The fourth-order valence-electron chi connectivity index (χ4n) is 4.44. The van der Waals surface area contributed by atoms with Crippen LogP contribution in [-0.4, -0.2) is 70.9 Å². The third kappa shape index (κ3) is 6.25. The summed E-state index contributed by atoms with van der Waals surface area (Å²) in [6, 6.07) is -2.09. The second-order valence-corrected chi connectivity index (χ2v) is 10.3. The van der Waals surface area contributed by atoms with E-state index in [9.17, 15) is 24.0 Å². The Labute approximate surface area is 211 Å². The second kappa shape index (κ2) is 11.1. The maximum atomic E-state index is 13.5. The molecule has 4 atom stereocenters. The van der Waals surface area contributed by atoms with Crippen molar-refractivity contribution in [3.05, 3.63) is 12.2 Å². The smallest absolute Gasteiger partial charge is 0.408 e. The Kier molecular flexibility index (Phi) is 8.43. The lowest BCUT2D eigenvalue weighted by atomic mass is 9.76. The average Bonchev–Trinajstić information content (AvgIpc) is 3.17. The topological polar surface area (TPSA) is 131 Å². The van der Waals surface area contributed by atoms with E-state index < -0.39 is 53.0 Å². The monoisotopic (exact) mass is 501 g/mol. The molecular weight excluding hydrogens is 466 g/mol. The van der Waals surface area contributed by atoms with Crippen molar-refractivity contribution in [2.45, 2.75) is 89.4 Å². The van der Waals surface area contributed by atoms with Gasteiger partial charge in [-0.25, -0.2) is 9.59 Å². The van der Waals surface area contributed by atoms with Gasteiger partial charge in [0.2, 0.25) is 17.4 Å². The van der Waals surface area contributed by atoms with Gasteiger partial charge < -0.3 is 25.0 Å².